The molecule has 56 valence electrons. The minimum Gasteiger partial charge on any atom is -0.378 e. The van der Waals surface area contributed by atoms with Crippen molar-refractivity contribution in [2.45, 2.75) is 25.9 Å². The lowest BCUT2D eigenvalue weighted by Crippen LogP contribution is -2.15. The third-order valence-electron chi connectivity index (χ3n) is 3.74. The highest BCUT2D eigenvalue weighted by Crippen LogP contribution is 2.61. The van der Waals surface area contributed by atoms with Gasteiger partial charge in [-0.05, 0) is 43.4 Å². The number of fused-ring (bicyclic) bond motifs is 3. The van der Waals surface area contributed by atoms with Crippen molar-refractivity contribution in [2.75, 3.05) is 6.61 Å². The number of hydrogen-bond donors (Lipinski definition) is 0. The zero-order chi connectivity index (χ0) is 6.72. The molecule has 1 heteroatoms. The van der Waals surface area contributed by atoms with Crippen LogP contribution in [0.5, 0.6) is 0 Å². The van der Waals surface area contributed by atoms with Gasteiger partial charge in [0.15, 0.2) is 0 Å². The molecular formula is C9H14O. The van der Waals surface area contributed by atoms with Crippen molar-refractivity contribution < 1.29 is 4.74 Å². The Morgan fingerprint density at radius 3 is 2.90 bits per heavy atom. The predicted molar refractivity (Wildman–Crippen MR) is 38.6 cm³/mol. The summed E-state index contributed by atoms with van der Waals surface area (Å²) in [5, 5.41) is 0. The zero-order valence-corrected chi connectivity index (χ0v) is 6.42. The first-order valence-corrected chi connectivity index (χ1v) is 4.48. The first-order valence-electron chi connectivity index (χ1n) is 4.48. The summed E-state index contributed by atoms with van der Waals surface area (Å²) in [6, 6.07) is 0. The van der Waals surface area contributed by atoms with E-state index in [1.807, 2.05) is 0 Å². The van der Waals surface area contributed by atoms with Crippen LogP contribution in [0, 0.1) is 23.7 Å². The summed E-state index contributed by atoms with van der Waals surface area (Å²) in [5.74, 6) is 4.13. The van der Waals surface area contributed by atoms with Crippen LogP contribution in [-0.4, -0.2) is 12.7 Å². The standard InChI is InChI=1S/C9H14O/c1-5-9-7(4-10-5)2-6-3-8(6)9/h5-9H,2-4H2,1H3. The molecule has 0 bridgehead atoms. The molecule has 0 aromatic carbocycles. The van der Waals surface area contributed by atoms with Gasteiger partial charge in [0, 0.05) is 0 Å². The van der Waals surface area contributed by atoms with Crippen molar-refractivity contribution in [3.05, 3.63) is 0 Å². The van der Waals surface area contributed by atoms with E-state index >= 15 is 0 Å². The quantitative estimate of drug-likeness (QED) is 0.495. The van der Waals surface area contributed by atoms with Gasteiger partial charge < -0.3 is 4.74 Å². The second-order valence-corrected chi connectivity index (χ2v) is 4.27. The van der Waals surface area contributed by atoms with Crippen molar-refractivity contribution >= 4 is 0 Å². The van der Waals surface area contributed by atoms with Crippen molar-refractivity contribution in [1.82, 2.24) is 0 Å². The van der Waals surface area contributed by atoms with Crippen molar-refractivity contribution in [3.63, 3.8) is 0 Å². The molecule has 0 aromatic heterocycles. The minimum absolute atomic E-state index is 0.586. The fourth-order valence-corrected chi connectivity index (χ4v) is 3.21. The third-order valence-corrected chi connectivity index (χ3v) is 3.74. The van der Waals surface area contributed by atoms with E-state index < -0.39 is 0 Å². The minimum atomic E-state index is 0.586. The molecule has 5 atom stereocenters. The van der Waals surface area contributed by atoms with E-state index in [2.05, 4.69) is 6.92 Å². The summed E-state index contributed by atoms with van der Waals surface area (Å²) in [5.41, 5.74) is 0. The molecule has 10 heavy (non-hydrogen) atoms. The Morgan fingerprint density at radius 1 is 1.20 bits per heavy atom. The highest BCUT2D eigenvalue weighted by molar-refractivity contribution is 5.05. The van der Waals surface area contributed by atoms with Gasteiger partial charge in [-0.3, -0.25) is 0 Å². The molecular weight excluding hydrogens is 124 g/mol. The van der Waals surface area contributed by atoms with Crippen LogP contribution in [0.1, 0.15) is 19.8 Å². The van der Waals surface area contributed by atoms with Crippen LogP contribution < -0.4 is 0 Å². The van der Waals surface area contributed by atoms with Crippen molar-refractivity contribution in [2.24, 2.45) is 23.7 Å². The van der Waals surface area contributed by atoms with E-state index in [1.165, 1.54) is 12.8 Å². The molecule has 2 saturated carbocycles. The largest absolute Gasteiger partial charge is 0.378 e. The van der Waals surface area contributed by atoms with Crippen LogP contribution in [0.15, 0.2) is 0 Å². The molecule has 0 amide bonds. The highest BCUT2D eigenvalue weighted by Gasteiger charge is 2.57. The second kappa shape index (κ2) is 1.58. The average molecular weight is 138 g/mol. The lowest BCUT2D eigenvalue weighted by Gasteiger charge is -2.13. The molecule has 0 spiro atoms. The van der Waals surface area contributed by atoms with Gasteiger partial charge in [-0.25, -0.2) is 0 Å². The second-order valence-electron chi connectivity index (χ2n) is 4.27. The van der Waals surface area contributed by atoms with Crippen LogP contribution in [-0.2, 0) is 4.74 Å². The maximum absolute atomic E-state index is 5.62. The highest BCUT2D eigenvalue weighted by atomic mass is 16.5. The SMILES string of the molecule is CC1OCC2CC3CC3C21. The van der Waals surface area contributed by atoms with Crippen LogP contribution in [0.3, 0.4) is 0 Å². The summed E-state index contributed by atoms with van der Waals surface area (Å²) in [4.78, 5) is 0. The van der Waals surface area contributed by atoms with Gasteiger partial charge in [0.1, 0.15) is 0 Å². The summed E-state index contributed by atoms with van der Waals surface area (Å²) in [6.07, 6.45) is 3.59. The Morgan fingerprint density at radius 2 is 2.10 bits per heavy atom. The van der Waals surface area contributed by atoms with Gasteiger partial charge in [-0.15, -0.1) is 0 Å². The Kier molecular flexibility index (Phi) is 0.883. The third kappa shape index (κ3) is 0.531. The molecule has 1 heterocycles. The first-order chi connectivity index (χ1) is 4.86. The molecule has 1 saturated heterocycles. The van der Waals surface area contributed by atoms with Gasteiger partial charge >= 0.3 is 0 Å². The van der Waals surface area contributed by atoms with Crippen molar-refractivity contribution in [3.8, 4) is 0 Å². The molecule has 3 fully saturated rings. The van der Waals surface area contributed by atoms with Gasteiger partial charge in [-0.1, -0.05) is 0 Å². The maximum Gasteiger partial charge on any atom is 0.0581 e. The molecule has 1 nitrogen and oxygen atoms in total. The number of ether oxygens (including phenoxy) is 1. The van der Waals surface area contributed by atoms with Gasteiger partial charge in [-0.2, -0.15) is 0 Å². The van der Waals surface area contributed by atoms with E-state index in [9.17, 15) is 0 Å². The van der Waals surface area contributed by atoms with Crippen molar-refractivity contribution in [1.29, 1.82) is 0 Å². The van der Waals surface area contributed by atoms with E-state index in [0.717, 1.165) is 30.3 Å². The Balaban J connectivity index is 1.88. The van der Waals surface area contributed by atoms with Crippen LogP contribution in [0.25, 0.3) is 0 Å². The first kappa shape index (κ1) is 5.59. The molecule has 3 rings (SSSR count). The van der Waals surface area contributed by atoms with Crippen LogP contribution >= 0.6 is 0 Å². The molecule has 0 N–H and O–H groups in total. The molecule has 3 aliphatic rings. The Hall–Kier alpha value is -0.0400. The maximum atomic E-state index is 5.62. The van der Waals surface area contributed by atoms with E-state index in [0.29, 0.717) is 6.10 Å². The molecule has 2 aliphatic carbocycles. The van der Waals surface area contributed by atoms with E-state index in [4.69, 9.17) is 4.74 Å². The van der Waals surface area contributed by atoms with Crippen LogP contribution in [0.2, 0.25) is 0 Å². The van der Waals surface area contributed by atoms with Crippen LogP contribution in [0.4, 0.5) is 0 Å². The number of rotatable bonds is 0. The van der Waals surface area contributed by atoms with Gasteiger partial charge in [0.2, 0.25) is 0 Å². The zero-order valence-electron chi connectivity index (χ0n) is 6.42. The Labute approximate surface area is 61.8 Å². The average Bonchev–Trinajstić information content (AvgIpc) is 2.40. The normalized spacial score (nSPS) is 63.9. The summed E-state index contributed by atoms with van der Waals surface area (Å²) in [7, 11) is 0. The fraction of sp³-hybridized carbons (Fsp3) is 1.00. The predicted octanol–water partition coefficient (Wildman–Crippen LogP) is 1.68. The molecule has 5 unspecified atom stereocenters. The molecule has 1 aliphatic heterocycles. The smallest absolute Gasteiger partial charge is 0.0581 e. The fourth-order valence-electron chi connectivity index (χ4n) is 3.21. The van der Waals surface area contributed by atoms with E-state index in [-0.39, 0.29) is 0 Å². The topological polar surface area (TPSA) is 9.23 Å². The number of hydrogen-bond acceptors (Lipinski definition) is 1. The lowest BCUT2D eigenvalue weighted by molar-refractivity contribution is 0.0972. The summed E-state index contributed by atoms with van der Waals surface area (Å²) in [6.45, 7) is 3.32. The lowest BCUT2D eigenvalue weighted by atomic mass is 9.91. The van der Waals surface area contributed by atoms with Gasteiger partial charge in [0.25, 0.3) is 0 Å². The summed E-state index contributed by atoms with van der Waals surface area (Å²) < 4.78 is 5.62. The molecule has 0 radical (unpaired) electrons. The van der Waals surface area contributed by atoms with E-state index in [1.54, 1.807) is 0 Å². The summed E-state index contributed by atoms with van der Waals surface area (Å²) >= 11 is 0. The van der Waals surface area contributed by atoms with Gasteiger partial charge in [0.05, 0.1) is 12.7 Å². The Bertz CT molecular complexity index is 164. The molecule has 0 aromatic rings. The monoisotopic (exact) mass is 138 g/mol.